The van der Waals surface area contributed by atoms with Gasteiger partial charge in [0.15, 0.2) is 5.11 Å². The predicted octanol–water partition coefficient (Wildman–Crippen LogP) is 2.25. The van der Waals surface area contributed by atoms with Gasteiger partial charge in [-0.05, 0) is 50.2 Å². The number of carbonyl (C=O) groups excluding carboxylic acids is 1. The Morgan fingerprint density at radius 1 is 1.40 bits per heavy atom. The summed E-state index contributed by atoms with van der Waals surface area (Å²) < 4.78 is 16.4. The summed E-state index contributed by atoms with van der Waals surface area (Å²) >= 11 is 5.32. The second-order valence-electron chi connectivity index (χ2n) is 6.05. The Morgan fingerprint density at radius 2 is 2.20 bits per heavy atom. The molecule has 6 nitrogen and oxygen atoms in total. The highest BCUT2D eigenvalue weighted by atomic mass is 32.1. The topological polar surface area (TPSA) is 60.0 Å². The molecule has 3 rings (SSSR count). The van der Waals surface area contributed by atoms with Gasteiger partial charge < -0.3 is 19.5 Å². The van der Waals surface area contributed by atoms with Crippen molar-refractivity contribution in [1.82, 2.24) is 10.2 Å². The predicted molar refractivity (Wildman–Crippen MR) is 98.7 cm³/mol. The number of thiocarbonyl (C=S) groups is 1. The molecular weight excluding hydrogens is 340 g/mol. The number of nitrogens with zero attached hydrogens (tertiary/aromatic N) is 1. The van der Waals surface area contributed by atoms with Crippen molar-refractivity contribution in [3.63, 3.8) is 0 Å². The summed E-state index contributed by atoms with van der Waals surface area (Å²) in [6.45, 7) is 3.15. The molecule has 7 heteroatoms. The van der Waals surface area contributed by atoms with Crippen molar-refractivity contribution >= 4 is 29.3 Å². The number of hydrogen-bond donors (Lipinski definition) is 1. The van der Waals surface area contributed by atoms with Crippen LogP contribution in [-0.2, 0) is 9.53 Å². The number of rotatable bonds is 5. The zero-order chi connectivity index (χ0) is 18.0. The smallest absolute Gasteiger partial charge is 0.276 e. The summed E-state index contributed by atoms with van der Waals surface area (Å²) in [6, 6.07) is 3.71. The lowest BCUT2D eigenvalue weighted by atomic mass is 10.1. The molecule has 1 N–H and O–H groups in total. The van der Waals surface area contributed by atoms with Crippen molar-refractivity contribution in [2.45, 2.75) is 25.9 Å². The molecule has 1 aromatic rings. The SMILES string of the molecule is COc1ccc(/C=C2/NC(=S)N(C[C@@H]3CCCO3)C2=O)c(OC)c1C. The van der Waals surface area contributed by atoms with Gasteiger partial charge in [0, 0.05) is 17.7 Å². The zero-order valence-corrected chi connectivity index (χ0v) is 15.4. The highest BCUT2D eigenvalue weighted by Gasteiger charge is 2.33. The van der Waals surface area contributed by atoms with Gasteiger partial charge in [-0.3, -0.25) is 9.69 Å². The minimum atomic E-state index is -0.143. The third kappa shape index (κ3) is 3.48. The molecule has 2 aliphatic rings. The molecule has 2 heterocycles. The Balaban J connectivity index is 1.85. The van der Waals surface area contributed by atoms with Gasteiger partial charge in [0.05, 0.1) is 26.9 Å². The number of nitrogens with one attached hydrogen (secondary N) is 1. The summed E-state index contributed by atoms with van der Waals surface area (Å²) in [5, 5.41) is 3.42. The van der Waals surface area contributed by atoms with Crippen LogP contribution in [0.15, 0.2) is 17.8 Å². The number of hydrogen-bond acceptors (Lipinski definition) is 5. The quantitative estimate of drug-likeness (QED) is 0.640. The molecule has 1 amide bonds. The van der Waals surface area contributed by atoms with Gasteiger partial charge in [0.1, 0.15) is 17.2 Å². The molecule has 0 bridgehead atoms. The average molecular weight is 362 g/mol. The van der Waals surface area contributed by atoms with Gasteiger partial charge in [-0.15, -0.1) is 0 Å². The van der Waals surface area contributed by atoms with Crippen molar-refractivity contribution in [2.75, 3.05) is 27.4 Å². The summed E-state index contributed by atoms with van der Waals surface area (Å²) in [5.74, 6) is 1.27. The van der Waals surface area contributed by atoms with Gasteiger partial charge in [-0.1, -0.05) is 0 Å². The van der Waals surface area contributed by atoms with E-state index in [9.17, 15) is 4.79 Å². The largest absolute Gasteiger partial charge is 0.496 e. The van der Waals surface area contributed by atoms with E-state index < -0.39 is 0 Å². The van der Waals surface area contributed by atoms with E-state index in [1.807, 2.05) is 19.1 Å². The highest BCUT2D eigenvalue weighted by Crippen LogP contribution is 2.33. The molecule has 0 unspecified atom stereocenters. The minimum absolute atomic E-state index is 0.0563. The molecule has 0 spiro atoms. The van der Waals surface area contributed by atoms with Crippen LogP contribution in [0, 0.1) is 6.92 Å². The van der Waals surface area contributed by atoms with Crippen molar-refractivity contribution in [3.8, 4) is 11.5 Å². The van der Waals surface area contributed by atoms with Crippen molar-refractivity contribution in [3.05, 3.63) is 29.0 Å². The third-order valence-corrected chi connectivity index (χ3v) is 4.81. The van der Waals surface area contributed by atoms with E-state index in [0.29, 0.717) is 23.1 Å². The van der Waals surface area contributed by atoms with E-state index in [-0.39, 0.29) is 12.0 Å². The Labute approximate surface area is 152 Å². The second kappa shape index (κ2) is 7.41. The standard InChI is InChI=1S/C18H22N2O4S/c1-11-15(22-2)7-6-12(16(11)23-3)9-14-17(21)20(18(25)19-14)10-13-5-4-8-24-13/h6-7,9,13H,4-5,8,10H2,1-3H3,(H,19,25)/b14-9+/t13-/m0/s1. The Bertz CT molecular complexity index is 726. The zero-order valence-electron chi connectivity index (χ0n) is 14.6. The van der Waals surface area contributed by atoms with Crippen LogP contribution in [0.3, 0.4) is 0 Å². The van der Waals surface area contributed by atoms with Gasteiger partial charge in [0.2, 0.25) is 0 Å². The Hall–Kier alpha value is -2.12. The Morgan fingerprint density at radius 3 is 2.84 bits per heavy atom. The van der Waals surface area contributed by atoms with Crippen LogP contribution in [0.25, 0.3) is 6.08 Å². The summed E-state index contributed by atoms with van der Waals surface area (Å²) in [5.41, 5.74) is 2.10. The lowest BCUT2D eigenvalue weighted by Crippen LogP contribution is -2.37. The van der Waals surface area contributed by atoms with Crippen LogP contribution >= 0.6 is 12.2 Å². The number of methoxy groups -OCH3 is 2. The first-order valence-corrected chi connectivity index (χ1v) is 8.63. The normalized spacial score (nSPS) is 21.8. The number of ether oxygens (including phenoxy) is 3. The fourth-order valence-electron chi connectivity index (χ4n) is 3.19. The van der Waals surface area contributed by atoms with Crippen LogP contribution in [-0.4, -0.2) is 49.4 Å². The summed E-state index contributed by atoms with van der Waals surface area (Å²) in [7, 11) is 3.21. The van der Waals surface area contributed by atoms with Crippen LogP contribution < -0.4 is 14.8 Å². The third-order valence-electron chi connectivity index (χ3n) is 4.48. The fraction of sp³-hybridized carbons (Fsp3) is 0.444. The molecule has 0 radical (unpaired) electrons. The molecule has 134 valence electrons. The minimum Gasteiger partial charge on any atom is -0.496 e. The van der Waals surface area contributed by atoms with E-state index in [2.05, 4.69) is 5.32 Å². The molecule has 25 heavy (non-hydrogen) atoms. The van der Waals surface area contributed by atoms with Gasteiger partial charge >= 0.3 is 0 Å². The first-order chi connectivity index (χ1) is 12.0. The van der Waals surface area contributed by atoms with Crippen molar-refractivity contribution in [1.29, 1.82) is 0 Å². The highest BCUT2D eigenvalue weighted by molar-refractivity contribution is 7.80. The van der Waals surface area contributed by atoms with Gasteiger partial charge in [-0.2, -0.15) is 0 Å². The Kier molecular flexibility index (Phi) is 5.24. The molecule has 2 aliphatic heterocycles. The molecule has 0 aliphatic carbocycles. The van der Waals surface area contributed by atoms with E-state index in [4.69, 9.17) is 26.4 Å². The maximum absolute atomic E-state index is 12.7. The molecule has 2 fully saturated rings. The van der Waals surface area contributed by atoms with E-state index in [0.717, 1.165) is 36.3 Å². The number of benzene rings is 1. The lowest BCUT2D eigenvalue weighted by Gasteiger charge is -2.18. The number of carbonyl (C=O) groups is 1. The number of amides is 1. The maximum atomic E-state index is 12.7. The lowest BCUT2D eigenvalue weighted by molar-refractivity contribution is -0.123. The second-order valence-corrected chi connectivity index (χ2v) is 6.44. The maximum Gasteiger partial charge on any atom is 0.276 e. The molecular formula is C18H22N2O4S. The monoisotopic (exact) mass is 362 g/mol. The summed E-state index contributed by atoms with van der Waals surface area (Å²) in [4.78, 5) is 14.3. The summed E-state index contributed by atoms with van der Waals surface area (Å²) in [6.07, 6.45) is 3.80. The fourth-order valence-corrected chi connectivity index (χ4v) is 3.45. The van der Waals surface area contributed by atoms with Crippen LogP contribution in [0.4, 0.5) is 0 Å². The molecule has 1 atom stereocenters. The first kappa shape index (κ1) is 17.7. The van der Waals surface area contributed by atoms with E-state index in [1.54, 1.807) is 25.2 Å². The van der Waals surface area contributed by atoms with Gasteiger partial charge in [0.25, 0.3) is 5.91 Å². The van der Waals surface area contributed by atoms with Crippen LogP contribution in [0.1, 0.15) is 24.0 Å². The average Bonchev–Trinajstić information content (AvgIpc) is 3.20. The van der Waals surface area contributed by atoms with E-state index >= 15 is 0 Å². The van der Waals surface area contributed by atoms with Crippen LogP contribution in [0.2, 0.25) is 0 Å². The van der Waals surface area contributed by atoms with E-state index in [1.165, 1.54) is 0 Å². The first-order valence-electron chi connectivity index (χ1n) is 8.23. The van der Waals surface area contributed by atoms with Gasteiger partial charge in [-0.25, -0.2) is 0 Å². The van der Waals surface area contributed by atoms with Crippen molar-refractivity contribution < 1.29 is 19.0 Å². The van der Waals surface area contributed by atoms with Crippen LogP contribution in [0.5, 0.6) is 11.5 Å². The van der Waals surface area contributed by atoms with Crippen molar-refractivity contribution in [2.24, 2.45) is 0 Å². The molecule has 0 saturated carbocycles. The molecule has 0 aromatic heterocycles. The molecule has 1 aromatic carbocycles. The molecule has 2 saturated heterocycles.